The fourth-order valence-corrected chi connectivity index (χ4v) is 3.22. The van der Waals surface area contributed by atoms with Crippen molar-refractivity contribution in [3.63, 3.8) is 0 Å². The molecule has 2 heterocycles. The number of urea groups is 1. The minimum absolute atomic E-state index is 0.0163. The summed E-state index contributed by atoms with van der Waals surface area (Å²) < 4.78 is 0. The fourth-order valence-electron chi connectivity index (χ4n) is 3.22. The molecule has 0 aliphatic carbocycles. The molecule has 5 nitrogen and oxygen atoms in total. The van der Waals surface area contributed by atoms with E-state index in [9.17, 15) is 4.79 Å². The van der Waals surface area contributed by atoms with Gasteiger partial charge in [0.2, 0.25) is 0 Å². The molecule has 0 saturated carbocycles. The highest BCUT2D eigenvalue weighted by Gasteiger charge is 2.70. The van der Waals surface area contributed by atoms with Gasteiger partial charge in [0.1, 0.15) is 11.3 Å². The van der Waals surface area contributed by atoms with E-state index < -0.39 is 0 Å². The van der Waals surface area contributed by atoms with Crippen LogP contribution < -0.4 is 5.32 Å². The van der Waals surface area contributed by atoms with Gasteiger partial charge in [-0.2, -0.15) is 5.01 Å². The number of anilines is 1. The SMILES string of the molecule is CN1N2C(C)(C)N(C(=O)Nc3ccccc3)CC12C. The van der Waals surface area contributed by atoms with Crippen LogP contribution in [0.2, 0.25) is 0 Å². The lowest BCUT2D eigenvalue weighted by molar-refractivity contribution is 0.0580. The number of hydrogen-bond donors (Lipinski definition) is 1. The number of amides is 2. The maximum Gasteiger partial charge on any atom is 0.323 e. The summed E-state index contributed by atoms with van der Waals surface area (Å²) in [5.74, 6) is 0. The van der Waals surface area contributed by atoms with E-state index in [1.165, 1.54) is 0 Å². The number of para-hydroxylation sites is 1. The molecule has 3 rings (SSSR count). The predicted molar refractivity (Wildman–Crippen MR) is 74.3 cm³/mol. The molecule has 0 bridgehead atoms. The summed E-state index contributed by atoms with van der Waals surface area (Å²) in [4.78, 5) is 14.3. The van der Waals surface area contributed by atoms with Crippen LogP contribution in [-0.4, -0.2) is 45.9 Å². The number of benzene rings is 1. The molecular formula is C14H20N4O. The first-order valence-corrected chi connectivity index (χ1v) is 6.55. The summed E-state index contributed by atoms with van der Waals surface area (Å²) in [5, 5.41) is 7.39. The van der Waals surface area contributed by atoms with Gasteiger partial charge in [0.05, 0.1) is 6.54 Å². The minimum Gasteiger partial charge on any atom is -0.308 e. The van der Waals surface area contributed by atoms with Crippen molar-refractivity contribution >= 4 is 11.7 Å². The van der Waals surface area contributed by atoms with E-state index in [4.69, 9.17) is 0 Å². The second-order valence-electron chi connectivity index (χ2n) is 5.93. The number of likely N-dealkylation sites (N-methyl/N-ethyl adjacent to an activating group) is 1. The van der Waals surface area contributed by atoms with Gasteiger partial charge in [-0.3, -0.25) is 0 Å². The van der Waals surface area contributed by atoms with Crippen LogP contribution in [0, 0.1) is 0 Å². The molecule has 2 amide bonds. The molecule has 1 aromatic carbocycles. The van der Waals surface area contributed by atoms with Gasteiger partial charge >= 0.3 is 6.03 Å². The Bertz CT molecular complexity index is 515. The van der Waals surface area contributed by atoms with Gasteiger partial charge in [0, 0.05) is 12.7 Å². The number of carbonyl (C=O) groups is 1. The summed E-state index contributed by atoms with van der Waals surface area (Å²) in [6.45, 7) is 7.03. The average molecular weight is 260 g/mol. The van der Waals surface area contributed by atoms with Crippen LogP contribution in [0.3, 0.4) is 0 Å². The van der Waals surface area contributed by atoms with Crippen LogP contribution in [-0.2, 0) is 0 Å². The van der Waals surface area contributed by atoms with Crippen molar-refractivity contribution in [1.82, 2.24) is 14.9 Å². The summed E-state index contributed by atoms with van der Waals surface area (Å²) in [7, 11) is 2.06. The number of fused-ring (bicyclic) bond motifs is 1. The smallest absolute Gasteiger partial charge is 0.308 e. The highest BCUT2D eigenvalue weighted by atomic mass is 16.2. The molecule has 102 valence electrons. The van der Waals surface area contributed by atoms with Crippen molar-refractivity contribution in [2.24, 2.45) is 0 Å². The van der Waals surface area contributed by atoms with Crippen molar-refractivity contribution in [2.75, 3.05) is 18.9 Å². The summed E-state index contributed by atoms with van der Waals surface area (Å²) in [6, 6.07) is 9.53. The quantitative estimate of drug-likeness (QED) is 0.786. The number of rotatable bonds is 1. The Hall–Kier alpha value is -1.59. The summed E-state index contributed by atoms with van der Waals surface area (Å²) in [5.41, 5.74) is 0.525. The Morgan fingerprint density at radius 3 is 2.37 bits per heavy atom. The molecule has 1 aromatic rings. The topological polar surface area (TPSA) is 38.4 Å². The molecule has 19 heavy (non-hydrogen) atoms. The third-order valence-electron chi connectivity index (χ3n) is 4.32. The molecule has 0 radical (unpaired) electrons. The van der Waals surface area contributed by atoms with Crippen LogP contribution in [0.5, 0.6) is 0 Å². The molecule has 2 saturated heterocycles. The largest absolute Gasteiger partial charge is 0.323 e. The van der Waals surface area contributed by atoms with Crippen molar-refractivity contribution in [3.05, 3.63) is 30.3 Å². The normalized spacial score (nSPS) is 34.8. The molecule has 0 aromatic heterocycles. The van der Waals surface area contributed by atoms with Crippen LogP contribution >= 0.6 is 0 Å². The second kappa shape index (κ2) is 3.71. The monoisotopic (exact) mass is 260 g/mol. The molecular weight excluding hydrogens is 240 g/mol. The summed E-state index contributed by atoms with van der Waals surface area (Å²) >= 11 is 0. The van der Waals surface area contributed by atoms with Gasteiger partial charge in [-0.15, -0.1) is 0 Å². The van der Waals surface area contributed by atoms with Crippen molar-refractivity contribution < 1.29 is 4.79 Å². The molecule has 1 N–H and O–H groups in total. The molecule has 5 heteroatoms. The van der Waals surface area contributed by atoms with Gasteiger partial charge in [-0.1, -0.05) is 18.2 Å². The molecule has 2 aliphatic rings. The lowest BCUT2D eigenvalue weighted by Gasteiger charge is -2.35. The van der Waals surface area contributed by atoms with Crippen molar-refractivity contribution in [3.8, 4) is 0 Å². The Morgan fingerprint density at radius 1 is 1.21 bits per heavy atom. The van der Waals surface area contributed by atoms with E-state index in [0.29, 0.717) is 0 Å². The fraction of sp³-hybridized carbons (Fsp3) is 0.500. The molecule has 2 fully saturated rings. The maximum atomic E-state index is 12.4. The van der Waals surface area contributed by atoms with Crippen LogP contribution in [0.25, 0.3) is 0 Å². The van der Waals surface area contributed by atoms with Gasteiger partial charge < -0.3 is 10.2 Å². The Labute approximate surface area is 113 Å². The van der Waals surface area contributed by atoms with E-state index in [-0.39, 0.29) is 17.4 Å². The molecule has 2 aliphatic heterocycles. The summed E-state index contributed by atoms with van der Waals surface area (Å²) in [6.07, 6.45) is 0. The molecule has 3 atom stereocenters. The Kier molecular flexibility index (Phi) is 2.43. The zero-order valence-corrected chi connectivity index (χ0v) is 11.8. The zero-order chi connectivity index (χ0) is 13.8. The second-order valence-corrected chi connectivity index (χ2v) is 5.93. The highest BCUT2D eigenvalue weighted by molar-refractivity contribution is 5.90. The van der Waals surface area contributed by atoms with Crippen LogP contribution in [0.1, 0.15) is 20.8 Å². The average Bonchev–Trinajstić information content (AvgIpc) is 2.81. The number of nitrogens with zero attached hydrogens (tertiary/aromatic N) is 3. The van der Waals surface area contributed by atoms with Crippen LogP contribution in [0.15, 0.2) is 30.3 Å². The van der Waals surface area contributed by atoms with E-state index >= 15 is 0 Å². The van der Waals surface area contributed by atoms with Gasteiger partial charge in [-0.25, -0.2) is 9.80 Å². The van der Waals surface area contributed by atoms with Gasteiger partial charge in [0.25, 0.3) is 0 Å². The van der Waals surface area contributed by atoms with Crippen LogP contribution in [0.4, 0.5) is 10.5 Å². The van der Waals surface area contributed by atoms with E-state index in [2.05, 4.69) is 43.2 Å². The van der Waals surface area contributed by atoms with E-state index in [0.717, 1.165) is 12.2 Å². The van der Waals surface area contributed by atoms with Gasteiger partial charge in [-0.05, 0) is 32.9 Å². The lowest BCUT2D eigenvalue weighted by atomic mass is 10.2. The molecule has 0 spiro atoms. The third-order valence-corrected chi connectivity index (χ3v) is 4.32. The Balaban J connectivity index is 1.76. The lowest BCUT2D eigenvalue weighted by Crippen LogP contribution is -2.52. The Morgan fingerprint density at radius 2 is 1.84 bits per heavy atom. The number of carbonyl (C=O) groups excluding carboxylic acids is 1. The highest BCUT2D eigenvalue weighted by Crippen LogP contribution is 2.51. The van der Waals surface area contributed by atoms with Crippen molar-refractivity contribution in [1.29, 1.82) is 0 Å². The maximum absolute atomic E-state index is 12.4. The first-order valence-electron chi connectivity index (χ1n) is 6.55. The van der Waals surface area contributed by atoms with Crippen molar-refractivity contribution in [2.45, 2.75) is 32.1 Å². The van der Waals surface area contributed by atoms with E-state index in [1.54, 1.807) is 0 Å². The molecule has 3 unspecified atom stereocenters. The number of hydrazine groups is 1. The first-order chi connectivity index (χ1) is 8.87. The predicted octanol–water partition coefficient (Wildman–Crippen LogP) is 2.15. The third kappa shape index (κ3) is 1.65. The van der Waals surface area contributed by atoms with E-state index in [1.807, 2.05) is 35.2 Å². The number of nitrogens with one attached hydrogen (secondary N) is 1. The zero-order valence-electron chi connectivity index (χ0n) is 11.8. The first kappa shape index (κ1) is 12.4. The standard InChI is InChI=1S/C14H20N4O/c1-13(2)17(10-14(3)16(4)18(13)14)12(19)15-11-8-6-5-7-9-11/h5-9H,10H2,1-4H3,(H,15,19). The van der Waals surface area contributed by atoms with Gasteiger partial charge in [0.15, 0.2) is 0 Å². The minimum atomic E-state index is -0.289. The number of hydrogen-bond acceptors (Lipinski definition) is 3.